The Bertz CT molecular complexity index is 1420. The van der Waals surface area contributed by atoms with Gasteiger partial charge in [0, 0.05) is 17.5 Å². The number of thioether (sulfide) groups is 1. The molecule has 0 aliphatic heterocycles. The Balaban J connectivity index is 2.02. The Morgan fingerprint density at radius 2 is 1.56 bits per heavy atom. The van der Waals surface area contributed by atoms with Crippen LogP contribution in [-0.2, 0) is 26.0 Å². The number of hydrogen-bond acceptors (Lipinski definition) is 6. The first-order valence-corrected chi connectivity index (χ1v) is 17.3. The van der Waals surface area contributed by atoms with Crippen molar-refractivity contribution in [2.75, 3.05) is 30.3 Å². The highest BCUT2D eigenvalue weighted by Crippen LogP contribution is 2.28. The van der Waals surface area contributed by atoms with Crippen LogP contribution in [0.2, 0.25) is 0 Å². The third-order valence-corrected chi connectivity index (χ3v) is 9.76. The molecule has 0 radical (unpaired) electrons. The van der Waals surface area contributed by atoms with Crippen molar-refractivity contribution in [1.82, 2.24) is 10.2 Å². The highest BCUT2D eigenvalue weighted by molar-refractivity contribution is 7.98. The summed E-state index contributed by atoms with van der Waals surface area (Å²) in [6.07, 6.45) is 3.57. The van der Waals surface area contributed by atoms with Gasteiger partial charge in [-0.15, -0.1) is 11.8 Å². The smallest absolute Gasteiger partial charge is 0.264 e. The van der Waals surface area contributed by atoms with Crippen molar-refractivity contribution >= 4 is 39.3 Å². The van der Waals surface area contributed by atoms with E-state index in [2.05, 4.69) is 5.32 Å². The van der Waals surface area contributed by atoms with Crippen LogP contribution in [0.3, 0.4) is 0 Å². The van der Waals surface area contributed by atoms with Gasteiger partial charge in [-0.25, -0.2) is 8.42 Å². The highest BCUT2D eigenvalue weighted by atomic mass is 32.2. The van der Waals surface area contributed by atoms with Gasteiger partial charge in [-0.3, -0.25) is 13.9 Å². The minimum atomic E-state index is -4.14. The molecule has 3 rings (SSSR count). The van der Waals surface area contributed by atoms with E-state index in [9.17, 15) is 18.0 Å². The Morgan fingerprint density at radius 1 is 0.907 bits per heavy atom. The maximum Gasteiger partial charge on any atom is 0.264 e. The van der Waals surface area contributed by atoms with Crippen LogP contribution >= 0.6 is 11.8 Å². The van der Waals surface area contributed by atoms with E-state index in [1.807, 2.05) is 64.3 Å². The molecule has 2 atom stereocenters. The van der Waals surface area contributed by atoms with Gasteiger partial charge < -0.3 is 15.0 Å². The number of carbonyl (C=O) groups is 2. The van der Waals surface area contributed by atoms with E-state index in [1.54, 1.807) is 48.5 Å². The third-order valence-electron chi connectivity index (χ3n) is 7.23. The molecule has 0 fully saturated rings. The second-order valence-electron chi connectivity index (χ2n) is 10.2. The van der Waals surface area contributed by atoms with Gasteiger partial charge >= 0.3 is 0 Å². The van der Waals surface area contributed by atoms with E-state index in [0.29, 0.717) is 30.9 Å². The molecule has 2 amide bonds. The zero-order valence-corrected chi connectivity index (χ0v) is 27.3. The van der Waals surface area contributed by atoms with Gasteiger partial charge in [0.05, 0.1) is 17.2 Å². The minimum Gasteiger partial charge on any atom is -0.494 e. The van der Waals surface area contributed by atoms with Crippen LogP contribution in [0, 0.1) is 0 Å². The molecule has 0 unspecified atom stereocenters. The molecular formula is C33H43N3O5S2. The average Bonchev–Trinajstić information content (AvgIpc) is 3.02. The summed E-state index contributed by atoms with van der Waals surface area (Å²) in [5.74, 6) is -0.113. The van der Waals surface area contributed by atoms with E-state index in [0.717, 1.165) is 21.2 Å². The second-order valence-corrected chi connectivity index (χ2v) is 12.9. The zero-order valence-electron chi connectivity index (χ0n) is 25.7. The number of nitrogens with one attached hydrogen (secondary N) is 1. The highest BCUT2D eigenvalue weighted by Gasteiger charge is 2.33. The van der Waals surface area contributed by atoms with E-state index in [1.165, 1.54) is 16.7 Å². The van der Waals surface area contributed by atoms with Crippen LogP contribution < -0.4 is 14.4 Å². The molecular weight excluding hydrogens is 583 g/mol. The Hall–Kier alpha value is -3.50. The van der Waals surface area contributed by atoms with Crippen LogP contribution in [-0.4, -0.2) is 63.2 Å². The summed E-state index contributed by atoms with van der Waals surface area (Å²) in [5, 5.41) is 3.00. The zero-order chi connectivity index (χ0) is 31.4. The van der Waals surface area contributed by atoms with Crippen LogP contribution in [0.5, 0.6) is 5.75 Å². The second kappa shape index (κ2) is 16.4. The molecule has 0 bridgehead atoms. The van der Waals surface area contributed by atoms with E-state index in [4.69, 9.17) is 4.74 Å². The maximum atomic E-state index is 14.2. The lowest BCUT2D eigenvalue weighted by atomic mass is 10.1. The van der Waals surface area contributed by atoms with Crippen molar-refractivity contribution in [3.63, 3.8) is 0 Å². The summed E-state index contributed by atoms with van der Waals surface area (Å²) in [5.41, 5.74) is 1.34. The number of ether oxygens (including phenoxy) is 1. The van der Waals surface area contributed by atoms with E-state index >= 15 is 0 Å². The molecule has 0 aromatic heterocycles. The Labute approximate surface area is 260 Å². The quantitative estimate of drug-likeness (QED) is 0.203. The summed E-state index contributed by atoms with van der Waals surface area (Å²) in [6, 6.07) is 22.1. The molecule has 232 valence electrons. The third kappa shape index (κ3) is 9.24. The van der Waals surface area contributed by atoms with Crippen molar-refractivity contribution in [2.45, 2.75) is 68.8 Å². The van der Waals surface area contributed by atoms with Crippen molar-refractivity contribution in [1.29, 1.82) is 0 Å². The largest absolute Gasteiger partial charge is 0.494 e. The fourth-order valence-electron chi connectivity index (χ4n) is 4.62. The van der Waals surface area contributed by atoms with Gasteiger partial charge in [0.2, 0.25) is 11.8 Å². The molecule has 3 aromatic carbocycles. The summed E-state index contributed by atoms with van der Waals surface area (Å²) >= 11 is 1.51. The number of carbonyl (C=O) groups excluding carboxylic acids is 2. The molecule has 8 nitrogen and oxygen atoms in total. The summed E-state index contributed by atoms with van der Waals surface area (Å²) in [7, 11) is -4.14. The average molecular weight is 626 g/mol. The number of anilines is 1. The number of rotatable bonds is 16. The SMILES string of the molecule is CCOc1ccc(N(CC(=O)N(CCc2ccccc2)[C@H](CC)C(=O)N[C@@H](C)CC)S(=O)(=O)c2ccc(SC)cc2)cc1. The minimum absolute atomic E-state index is 0.0578. The molecule has 0 saturated heterocycles. The molecule has 0 aliphatic carbocycles. The van der Waals surface area contributed by atoms with Crippen molar-refractivity contribution < 1.29 is 22.7 Å². The van der Waals surface area contributed by atoms with Gasteiger partial charge in [0.15, 0.2) is 0 Å². The number of benzene rings is 3. The van der Waals surface area contributed by atoms with Crippen LogP contribution in [0.25, 0.3) is 0 Å². The normalized spacial score (nSPS) is 12.7. The van der Waals surface area contributed by atoms with Crippen molar-refractivity contribution in [3.8, 4) is 5.75 Å². The lowest BCUT2D eigenvalue weighted by Crippen LogP contribution is -2.54. The Morgan fingerprint density at radius 3 is 2.12 bits per heavy atom. The fourth-order valence-corrected chi connectivity index (χ4v) is 6.44. The van der Waals surface area contributed by atoms with E-state index < -0.39 is 28.5 Å². The summed E-state index contributed by atoms with van der Waals surface area (Å²) in [6.45, 7) is 7.89. The lowest BCUT2D eigenvalue weighted by molar-refractivity contribution is -0.139. The van der Waals surface area contributed by atoms with Crippen LogP contribution in [0.15, 0.2) is 88.7 Å². The fraction of sp³-hybridized carbons (Fsp3) is 0.394. The first-order chi connectivity index (χ1) is 20.6. The van der Waals surface area contributed by atoms with Crippen molar-refractivity contribution in [3.05, 3.63) is 84.4 Å². The predicted octanol–water partition coefficient (Wildman–Crippen LogP) is 5.77. The molecule has 10 heteroatoms. The van der Waals surface area contributed by atoms with Crippen molar-refractivity contribution in [2.24, 2.45) is 0 Å². The van der Waals surface area contributed by atoms with Crippen LogP contribution in [0.1, 0.15) is 46.1 Å². The Kier molecular flexibility index (Phi) is 12.9. The number of amides is 2. The van der Waals surface area contributed by atoms with Crippen LogP contribution in [0.4, 0.5) is 5.69 Å². The topological polar surface area (TPSA) is 96.0 Å². The molecule has 0 spiro atoms. The monoisotopic (exact) mass is 625 g/mol. The maximum absolute atomic E-state index is 14.2. The standard InChI is InChI=1S/C33H43N3O5S2/c1-6-25(4)34-33(38)31(7-2)35(23-22-26-12-10-9-11-13-26)32(37)24-36(27-14-16-28(17-15-27)41-8-3)43(39,40)30-20-18-29(42-5)19-21-30/h9-21,25,31H,6-8,22-24H2,1-5H3,(H,34,38)/t25-,31+/m0/s1. The molecule has 3 aromatic rings. The molecule has 1 N–H and O–H groups in total. The lowest BCUT2D eigenvalue weighted by Gasteiger charge is -2.33. The molecule has 0 aliphatic rings. The van der Waals surface area contributed by atoms with E-state index in [-0.39, 0.29) is 23.4 Å². The van der Waals surface area contributed by atoms with Gasteiger partial charge in [0.25, 0.3) is 10.0 Å². The number of hydrogen-bond donors (Lipinski definition) is 1. The number of sulfonamides is 1. The first-order valence-electron chi connectivity index (χ1n) is 14.7. The summed E-state index contributed by atoms with van der Waals surface area (Å²) in [4.78, 5) is 30.1. The molecule has 43 heavy (non-hydrogen) atoms. The van der Waals surface area contributed by atoms with Gasteiger partial charge in [-0.1, -0.05) is 44.2 Å². The summed E-state index contributed by atoms with van der Waals surface area (Å²) < 4.78 is 34.8. The molecule has 0 saturated carbocycles. The predicted molar refractivity (Wildman–Crippen MR) is 174 cm³/mol. The van der Waals surface area contributed by atoms with Gasteiger partial charge in [0.1, 0.15) is 18.3 Å². The first kappa shape index (κ1) is 34.0. The number of nitrogens with zero attached hydrogens (tertiary/aromatic N) is 2. The van der Waals surface area contributed by atoms with Gasteiger partial charge in [-0.2, -0.15) is 0 Å². The van der Waals surface area contributed by atoms with Gasteiger partial charge in [-0.05, 0) is 93.5 Å². The molecule has 0 heterocycles.